The molecule has 0 aliphatic carbocycles. The van der Waals surface area contributed by atoms with E-state index in [-0.39, 0.29) is 0 Å². The highest BCUT2D eigenvalue weighted by Gasteiger charge is 2.29. The van der Waals surface area contributed by atoms with Crippen LogP contribution in [-0.4, -0.2) is 4.98 Å². The Kier molecular flexibility index (Phi) is 7.19. The van der Waals surface area contributed by atoms with Crippen LogP contribution in [-0.2, 0) is 11.0 Å². The maximum atomic E-state index is 14.8. The lowest BCUT2D eigenvalue weighted by atomic mass is 9.92. The Morgan fingerprint density at radius 1 is 0.388 bits per heavy atom. The van der Waals surface area contributed by atoms with E-state index in [0.29, 0.717) is 0 Å². The van der Waals surface area contributed by atoms with E-state index in [4.69, 9.17) is 4.98 Å². The molecule has 0 spiro atoms. The third-order valence-corrected chi connectivity index (χ3v) is 12.9. The first kappa shape index (κ1) is 29.3. The van der Waals surface area contributed by atoms with Gasteiger partial charge < -0.3 is 4.57 Å². The molecule has 0 amide bonds. The third-order valence-electron chi connectivity index (χ3n) is 9.81. The zero-order valence-electron chi connectivity index (χ0n) is 26.8. The van der Waals surface area contributed by atoms with Gasteiger partial charge in [0.05, 0.1) is 11.0 Å². The number of benzene rings is 8. The molecule has 0 N–H and O–H groups in total. The fraction of sp³-hybridized carbons (Fsp3) is 0.0217. The molecule has 9 aromatic rings. The summed E-state index contributed by atoms with van der Waals surface area (Å²) in [5, 5.41) is 9.68. The molecule has 1 heterocycles. The van der Waals surface area contributed by atoms with Gasteiger partial charge >= 0.3 is 0 Å². The Hall–Kier alpha value is -5.82. The average molecular weight is 646 g/mol. The van der Waals surface area contributed by atoms with Crippen molar-refractivity contribution in [2.75, 3.05) is 0 Å². The quantitative estimate of drug-likeness (QED) is 0.102. The molecule has 0 saturated heterocycles. The predicted octanol–water partition coefficient (Wildman–Crippen LogP) is 10.6. The summed E-state index contributed by atoms with van der Waals surface area (Å²) in [6.45, 7) is 0. The van der Waals surface area contributed by atoms with Crippen LogP contribution in [0.2, 0.25) is 0 Å². The monoisotopic (exact) mass is 645 g/mol. The molecule has 0 fully saturated rings. The van der Waals surface area contributed by atoms with E-state index in [1.165, 1.54) is 43.4 Å². The molecule has 1 aromatic heterocycles. The second-order valence-corrected chi connectivity index (χ2v) is 15.4. The summed E-state index contributed by atoms with van der Waals surface area (Å²) < 4.78 is 14.8. The van der Waals surface area contributed by atoms with Crippen LogP contribution in [0.15, 0.2) is 182 Å². The van der Waals surface area contributed by atoms with Crippen molar-refractivity contribution in [3.8, 4) is 11.1 Å². The number of fused-ring (bicyclic) bond motifs is 6. The molecule has 0 bridgehead atoms. The van der Waals surface area contributed by atoms with Crippen LogP contribution in [0.3, 0.4) is 0 Å². The molecule has 2 nitrogen and oxygen atoms in total. The molecule has 0 atom stereocenters. The number of rotatable bonds is 6. The van der Waals surface area contributed by atoms with Crippen molar-refractivity contribution in [1.29, 1.82) is 0 Å². The van der Waals surface area contributed by atoms with Crippen LogP contribution >= 0.6 is 7.14 Å². The first-order chi connectivity index (χ1) is 24.2. The zero-order chi connectivity index (χ0) is 32.8. The molecule has 0 saturated carbocycles. The molecule has 9 rings (SSSR count). The number of aromatic nitrogens is 1. The maximum Gasteiger partial charge on any atom is 0.171 e. The second kappa shape index (κ2) is 12.0. The van der Waals surface area contributed by atoms with Crippen molar-refractivity contribution < 1.29 is 4.57 Å². The van der Waals surface area contributed by atoms with E-state index in [0.717, 1.165) is 44.5 Å². The van der Waals surface area contributed by atoms with Crippen molar-refractivity contribution in [2.45, 2.75) is 6.42 Å². The highest BCUT2D eigenvalue weighted by molar-refractivity contribution is 7.85. The first-order valence-electron chi connectivity index (χ1n) is 16.7. The lowest BCUT2D eigenvalue weighted by molar-refractivity contribution is 0.592. The molecule has 0 unspecified atom stereocenters. The van der Waals surface area contributed by atoms with Gasteiger partial charge in [-0.05, 0) is 39.4 Å². The topological polar surface area (TPSA) is 30.0 Å². The van der Waals surface area contributed by atoms with Crippen molar-refractivity contribution in [3.05, 3.63) is 193 Å². The van der Waals surface area contributed by atoms with Gasteiger partial charge in [0.2, 0.25) is 0 Å². The summed E-state index contributed by atoms with van der Waals surface area (Å²) in [6.07, 6.45) is 0.794. The summed E-state index contributed by atoms with van der Waals surface area (Å²) >= 11 is 0. The van der Waals surface area contributed by atoms with Crippen LogP contribution in [0, 0.1) is 0 Å². The summed E-state index contributed by atoms with van der Waals surface area (Å²) in [4.78, 5) is 5.33. The maximum absolute atomic E-state index is 14.8. The van der Waals surface area contributed by atoms with E-state index in [1.807, 2.05) is 72.8 Å². The lowest BCUT2D eigenvalue weighted by Crippen LogP contribution is -2.24. The number of nitrogens with zero attached hydrogens (tertiary/aromatic N) is 1. The Labute approximate surface area is 285 Å². The normalized spacial score (nSPS) is 11.8. The smallest absolute Gasteiger partial charge is 0.171 e. The van der Waals surface area contributed by atoms with Gasteiger partial charge in [-0.25, -0.2) is 4.98 Å². The van der Waals surface area contributed by atoms with Crippen molar-refractivity contribution in [1.82, 2.24) is 4.98 Å². The lowest BCUT2D eigenvalue weighted by Gasteiger charge is -2.20. The van der Waals surface area contributed by atoms with Gasteiger partial charge in [0.1, 0.15) is 0 Å². The molecule has 232 valence electrons. The summed E-state index contributed by atoms with van der Waals surface area (Å²) in [5.74, 6) is 0. The highest BCUT2D eigenvalue weighted by atomic mass is 31.2. The van der Waals surface area contributed by atoms with E-state index < -0.39 is 7.14 Å². The second-order valence-electron chi connectivity index (χ2n) is 12.7. The predicted molar refractivity (Wildman–Crippen MR) is 208 cm³/mol. The minimum absolute atomic E-state index is 0.794. The van der Waals surface area contributed by atoms with Crippen LogP contribution in [0.4, 0.5) is 0 Å². The Morgan fingerprint density at radius 3 is 1.33 bits per heavy atom. The molecule has 0 radical (unpaired) electrons. The summed E-state index contributed by atoms with van der Waals surface area (Å²) in [5.41, 5.74) is 6.87. The van der Waals surface area contributed by atoms with Crippen molar-refractivity contribution in [2.24, 2.45) is 0 Å². The van der Waals surface area contributed by atoms with Crippen LogP contribution in [0.1, 0.15) is 11.1 Å². The van der Waals surface area contributed by atoms with Crippen LogP contribution < -0.4 is 15.9 Å². The SMILES string of the molecule is O=P(c1ccccc1)(c1ccccc1)c1ccc(-c2ccc(Cc3c4ccc5ccccc5c4nc4c3ccc3ccccc34)cc2)cc1. The minimum atomic E-state index is -3.01. The fourth-order valence-corrected chi connectivity index (χ4v) is 9.94. The fourth-order valence-electron chi connectivity index (χ4n) is 7.29. The largest absolute Gasteiger partial charge is 0.309 e. The van der Waals surface area contributed by atoms with Gasteiger partial charge in [-0.2, -0.15) is 0 Å². The molecule has 3 heteroatoms. The number of hydrogen-bond acceptors (Lipinski definition) is 2. The third kappa shape index (κ3) is 5.05. The van der Waals surface area contributed by atoms with Crippen LogP contribution in [0.5, 0.6) is 0 Å². The Morgan fingerprint density at radius 2 is 0.816 bits per heavy atom. The van der Waals surface area contributed by atoms with Gasteiger partial charge in [-0.15, -0.1) is 0 Å². The average Bonchev–Trinajstić information content (AvgIpc) is 3.18. The Balaban J connectivity index is 1.10. The molecule has 49 heavy (non-hydrogen) atoms. The van der Waals surface area contributed by atoms with E-state index in [1.54, 1.807) is 0 Å². The van der Waals surface area contributed by atoms with Gasteiger partial charge in [-0.3, -0.25) is 0 Å². The van der Waals surface area contributed by atoms with E-state index in [9.17, 15) is 4.57 Å². The molecular weight excluding hydrogens is 613 g/mol. The van der Waals surface area contributed by atoms with Crippen LogP contribution in [0.25, 0.3) is 54.5 Å². The van der Waals surface area contributed by atoms with E-state index in [2.05, 4.69) is 109 Å². The van der Waals surface area contributed by atoms with Gasteiger partial charge in [0.15, 0.2) is 7.14 Å². The number of pyridine rings is 1. The zero-order valence-corrected chi connectivity index (χ0v) is 27.7. The van der Waals surface area contributed by atoms with Gasteiger partial charge in [-0.1, -0.05) is 182 Å². The van der Waals surface area contributed by atoms with Gasteiger partial charge in [0.25, 0.3) is 0 Å². The number of hydrogen-bond donors (Lipinski definition) is 0. The standard InChI is InChI=1S/C46H32NOP/c48-49(37-13-3-1-4-14-37,38-15-5-2-6-16-38)39-27-23-34(24-28-39)33-21-19-32(20-22-33)31-44-42-29-25-35-11-7-9-17-40(35)45(42)47-46-41-18-10-8-12-36(41)26-30-43(44)46/h1-30H,31H2. The van der Waals surface area contributed by atoms with Crippen molar-refractivity contribution >= 4 is 66.4 Å². The van der Waals surface area contributed by atoms with E-state index >= 15 is 0 Å². The van der Waals surface area contributed by atoms with Gasteiger partial charge in [0, 0.05) is 37.5 Å². The van der Waals surface area contributed by atoms with Crippen molar-refractivity contribution in [3.63, 3.8) is 0 Å². The highest BCUT2D eigenvalue weighted by Crippen LogP contribution is 2.42. The molecule has 0 aliphatic rings. The molecular formula is C46H32NOP. The summed E-state index contributed by atoms with van der Waals surface area (Å²) in [7, 11) is -3.01. The Bertz CT molecular complexity index is 2550. The molecule has 8 aromatic carbocycles. The molecule has 0 aliphatic heterocycles. The minimum Gasteiger partial charge on any atom is -0.309 e. The summed E-state index contributed by atoms with van der Waals surface area (Å²) in [6, 6.07) is 62.8. The first-order valence-corrected chi connectivity index (χ1v) is 18.4.